The Hall–Kier alpha value is -3.70. The van der Waals surface area contributed by atoms with Crippen LogP contribution in [0.4, 0.5) is 0 Å². The van der Waals surface area contributed by atoms with Crippen LogP contribution in [0.2, 0.25) is 0 Å². The van der Waals surface area contributed by atoms with Crippen molar-refractivity contribution >= 4 is 22.3 Å². The minimum Gasteiger partial charge on any atom is -0.325 e. The van der Waals surface area contributed by atoms with Crippen molar-refractivity contribution in [2.45, 2.75) is 38.8 Å². The molecular formula is C20H26N8O4. The van der Waals surface area contributed by atoms with Gasteiger partial charge in [0.05, 0.1) is 12.7 Å². The molecule has 0 saturated heterocycles. The van der Waals surface area contributed by atoms with E-state index in [4.69, 9.17) is 0 Å². The van der Waals surface area contributed by atoms with Gasteiger partial charge in [-0.3, -0.25) is 27.9 Å². The molecule has 0 radical (unpaired) electrons. The van der Waals surface area contributed by atoms with Crippen LogP contribution in [0.5, 0.6) is 0 Å². The monoisotopic (exact) mass is 442 g/mol. The first-order valence-electron chi connectivity index (χ1n) is 10.5. The van der Waals surface area contributed by atoms with E-state index in [0.29, 0.717) is 35.4 Å². The van der Waals surface area contributed by atoms with Crippen molar-refractivity contribution in [1.29, 1.82) is 0 Å². The quantitative estimate of drug-likeness (QED) is 0.354. The number of nitrogens with zero attached hydrogens (tertiary/aromatic N) is 8. The van der Waals surface area contributed by atoms with Gasteiger partial charge in [-0.15, -0.1) is 0 Å². The highest BCUT2D eigenvalue weighted by Gasteiger charge is 2.15. The topological polar surface area (TPSA) is 124 Å². The summed E-state index contributed by atoms with van der Waals surface area (Å²) in [5.41, 5.74) is 0.167. The second kappa shape index (κ2) is 8.09. The number of aromatic nitrogens is 8. The van der Waals surface area contributed by atoms with Gasteiger partial charge >= 0.3 is 11.4 Å². The minimum absolute atomic E-state index is 0.344. The van der Waals surface area contributed by atoms with Crippen molar-refractivity contribution in [2.75, 3.05) is 0 Å². The molecule has 0 N–H and O–H groups in total. The maximum Gasteiger partial charge on any atom is 0.332 e. The molecule has 4 heterocycles. The van der Waals surface area contributed by atoms with Gasteiger partial charge in [0.25, 0.3) is 11.1 Å². The number of hydrogen-bond acceptors (Lipinski definition) is 6. The van der Waals surface area contributed by atoms with E-state index in [0.717, 1.165) is 34.8 Å². The Balaban J connectivity index is 1.39. The van der Waals surface area contributed by atoms with Crippen molar-refractivity contribution in [2.24, 2.45) is 28.2 Å². The smallest absolute Gasteiger partial charge is 0.325 e. The summed E-state index contributed by atoms with van der Waals surface area (Å²) < 4.78 is 8.53. The Morgan fingerprint density at radius 1 is 0.594 bits per heavy atom. The Labute approximate surface area is 181 Å². The SMILES string of the molecule is Cn1c(=O)c2c(ncn2CCCCCCn2cnc3c2c(=O)n(C)c(=O)n3C)n(C)c1=O. The third-order valence-electron chi connectivity index (χ3n) is 5.98. The zero-order valence-corrected chi connectivity index (χ0v) is 18.6. The average molecular weight is 442 g/mol. The third kappa shape index (κ3) is 3.31. The molecule has 0 amide bonds. The van der Waals surface area contributed by atoms with Gasteiger partial charge in [-0.25, -0.2) is 19.6 Å². The first-order chi connectivity index (χ1) is 15.2. The van der Waals surface area contributed by atoms with E-state index in [1.54, 1.807) is 35.9 Å². The molecular weight excluding hydrogens is 416 g/mol. The molecule has 0 aliphatic heterocycles. The fraction of sp³-hybridized carbons (Fsp3) is 0.500. The van der Waals surface area contributed by atoms with Crippen molar-refractivity contribution < 1.29 is 0 Å². The van der Waals surface area contributed by atoms with Crippen LogP contribution in [-0.4, -0.2) is 37.4 Å². The van der Waals surface area contributed by atoms with E-state index >= 15 is 0 Å². The van der Waals surface area contributed by atoms with Crippen LogP contribution in [0.25, 0.3) is 22.3 Å². The van der Waals surface area contributed by atoms with Gasteiger partial charge in [-0.1, -0.05) is 12.8 Å². The van der Waals surface area contributed by atoms with Gasteiger partial charge in [0.15, 0.2) is 22.3 Å². The lowest BCUT2D eigenvalue weighted by Gasteiger charge is -2.08. The molecule has 0 aromatic carbocycles. The molecule has 12 nitrogen and oxygen atoms in total. The van der Waals surface area contributed by atoms with Crippen LogP contribution < -0.4 is 22.5 Å². The van der Waals surface area contributed by atoms with E-state index < -0.39 is 11.4 Å². The molecule has 0 unspecified atom stereocenters. The number of rotatable bonds is 7. The van der Waals surface area contributed by atoms with Gasteiger partial charge in [-0.2, -0.15) is 0 Å². The Kier molecular flexibility index (Phi) is 5.45. The number of aryl methyl sites for hydroxylation is 4. The normalized spacial score (nSPS) is 11.8. The fourth-order valence-corrected chi connectivity index (χ4v) is 4.05. The average Bonchev–Trinajstić information content (AvgIpc) is 3.40. The predicted molar refractivity (Wildman–Crippen MR) is 119 cm³/mol. The molecule has 0 aliphatic carbocycles. The fourth-order valence-electron chi connectivity index (χ4n) is 4.05. The van der Waals surface area contributed by atoms with Crippen LogP contribution in [-0.2, 0) is 41.3 Å². The molecule has 0 atom stereocenters. The molecule has 4 rings (SSSR count). The number of fused-ring (bicyclic) bond motifs is 2. The summed E-state index contributed by atoms with van der Waals surface area (Å²) in [4.78, 5) is 57.5. The maximum atomic E-state index is 12.5. The molecule has 0 aliphatic rings. The summed E-state index contributed by atoms with van der Waals surface area (Å²) in [6, 6.07) is 0. The Bertz CT molecular complexity index is 1440. The van der Waals surface area contributed by atoms with Crippen LogP contribution in [0.15, 0.2) is 31.8 Å². The molecule has 0 spiro atoms. The number of unbranched alkanes of at least 4 members (excludes halogenated alkanes) is 3. The van der Waals surface area contributed by atoms with Gasteiger partial charge in [-0.05, 0) is 12.8 Å². The van der Waals surface area contributed by atoms with E-state index in [1.165, 1.54) is 23.2 Å². The highest BCUT2D eigenvalue weighted by Crippen LogP contribution is 2.11. The van der Waals surface area contributed by atoms with Crippen LogP contribution >= 0.6 is 0 Å². The standard InChI is InChI=1S/C20H26N8O4/c1-23-15-13(17(29)25(3)19(23)31)27(11-21-15)9-7-5-6-8-10-28-12-22-16-14(28)18(30)26(4)20(32)24(16)2/h11-12H,5-10H2,1-4H3. The Morgan fingerprint density at radius 2 is 0.969 bits per heavy atom. The summed E-state index contributed by atoms with van der Waals surface area (Å²) in [6.45, 7) is 1.25. The zero-order valence-electron chi connectivity index (χ0n) is 18.6. The van der Waals surface area contributed by atoms with Crippen molar-refractivity contribution in [1.82, 2.24) is 37.4 Å². The molecule has 170 valence electrons. The lowest BCUT2D eigenvalue weighted by molar-refractivity contribution is 0.546. The molecule has 4 aromatic rings. The first-order valence-corrected chi connectivity index (χ1v) is 10.5. The minimum atomic E-state index is -0.394. The lowest BCUT2D eigenvalue weighted by Crippen LogP contribution is -2.37. The molecule has 32 heavy (non-hydrogen) atoms. The molecule has 12 heteroatoms. The Morgan fingerprint density at radius 3 is 1.34 bits per heavy atom. The summed E-state index contributed by atoms with van der Waals surface area (Å²) in [5, 5.41) is 0. The van der Waals surface area contributed by atoms with E-state index in [2.05, 4.69) is 9.97 Å². The van der Waals surface area contributed by atoms with Gasteiger partial charge < -0.3 is 9.13 Å². The molecule has 4 aromatic heterocycles. The summed E-state index contributed by atoms with van der Waals surface area (Å²) in [6.07, 6.45) is 6.74. The first kappa shape index (κ1) is 21.5. The summed E-state index contributed by atoms with van der Waals surface area (Å²) >= 11 is 0. The lowest BCUT2D eigenvalue weighted by atomic mass is 10.2. The third-order valence-corrected chi connectivity index (χ3v) is 5.98. The second-order valence-corrected chi connectivity index (χ2v) is 8.05. The summed E-state index contributed by atoms with van der Waals surface area (Å²) in [7, 11) is 6.14. The predicted octanol–water partition coefficient (Wildman–Crippen LogP) is -0.559. The van der Waals surface area contributed by atoms with Gasteiger partial charge in [0.1, 0.15) is 0 Å². The van der Waals surface area contributed by atoms with Crippen LogP contribution in [0, 0.1) is 0 Å². The highest BCUT2D eigenvalue weighted by molar-refractivity contribution is 5.70. The number of imidazole rings is 2. The largest absolute Gasteiger partial charge is 0.332 e. The van der Waals surface area contributed by atoms with E-state index in [1.807, 2.05) is 0 Å². The maximum absolute atomic E-state index is 12.5. The van der Waals surface area contributed by atoms with E-state index in [9.17, 15) is 19.2 Å². The number of hydrogen-bond donors (Lipinski definition) is 0. The zero-order chi connectivity index (χ0) is 23.2. The molecule has 0 saturated carbocycles. The molecule has 0 fully saturated rings. The van der Waals surface area contributed by atoms with Crippen LogP contribution in [0.1, 0.15) is 25.7 Å². The summed E-state index contributed by atoms with van der Waals surface area (Å²) in [5.74, 6) is 0. The second-order valence-electron chi connectivity index (χ2n) is 8.05. The van der Waals surface area contributed by atoms with Crippen LogP contribution in [0.3, 0.4) is 0 Å². The molecule has 0 bridgehead atoms. The van der Waals surface area contributed by atoms with Crippen molar-refractivity contribution in [3.63, 3.8) is 0 Å². The van der Waals surface area contributed by atoms with Gasteiger partial charge in [0.2, 0.25) is 0 Å². The van der Waals surface area contributed by atoms with Crippen molar-refractivity contribution in [3.05, 3.63) is 54.3 Å². The van der Waals surface area contributed by atoms with E-state index in [-0.39, 0.29) is 11.1 Å². The van der Waals surface area contributed by atoms with Gasteiger partial charge in [0, 0.05) is 41.3 Å². The van der Waals surface area contributed by atoms with Crippen molar-refractivity contribution in [3.8, 4) is 0 Å². The highest BCUT2D eigenvalue weighted by atomic mass is 16.2.